The number of aromatic carboxylic acids is 1. The molecule has 2 aliphatic carbocycles. The lowest BCUT2D eigenvalue weighted by atomic mass is 9.84. The average molecular weight is 810 g/mol. The molecule has 2 saturated carbocycles. The third kappa shape index (κ3) is 13.2. The van der Waals surface area contributed by atoms with E-state index >= 15 is 0 Å². The number of halogens is 4. The van der Waals surface area contributed by atoms with Gasteiger partial charge >= 0.3 is 11.9 Å². The van der Waals surface area contributed by atoms with Crippen molar-refractivity contribution in [1.29, 1.82) is 0 Å². The van der Waals surface area contributed by atoms with Crippen LogP contribution in [0.25, 0.3) is 0 Å². The maximum absolute atomic E-state index is 14.3. The van der Waals surface area contributed by atoms with Gasteiger partial charge in [0.05, 0.1) is 5.56 Å². The molecule has 57 heavy (non-hydrogen) atoms. The van der Waals surface area contributed by atoms with Crippen molar-refractivity contribution in [3.63, 3.8) is 0 Å². The zero-order chi connectivity index (χ0) is 40.9. The minimum Gasteiger partial charge on any atom is -0.479 e. The number of carboxylic acids is 2. The van der Waals surface area contributed by atoms with Crippen LogP contribution in [0.4, 0.5) is 17.6 Å². The molecule has 3 fully saturated rings. The molecule has 3 amide bonds. The first-order valence-electron chi connectivity index (χ1n) is 19.2. The number of carbonyl (C=O) groups excluding carboxylic acids is 3. The molecule has 2 aromatic carbocycles. The number of benzene rings is 2. The summed E-state index contributed by atoms with van der Waals surface area (Å²) in [5.41, 5.74) is -0.244. The number of aliphatic hydroxyl groups is 2. The Morgan fingerprint density at radius 1 is 0.807 bits per heavy atom. The van der Waals surface area contributed by atoms with Gasteiger partial charge in [-0.25, -0.2) is 27.2 Å². The summed E-state index contributed by atoms with van der Waals surface area (Å²) in [5, 5.41) is 42.2. The molecule has 1 heterocycles. The van der Waals surface area contributed by atoms with Crippen LogP contribution in [0.3, 0.4) is 0 Å². The Morgan fingerprint density at radius 2 is 1.35 bits per heavy atom. The molecular formula is C41H55F4N3O9. The predicted octanol–water partition coefficient (Wildman–Crippen LogP) is 5.44. The van der Waals surface area contributed by atoms with Crippen LogP contribution in [0.1, 0.15) is 112 Å². The molecule has 316 valence electrons. The molecule has 0 spiro atoms. The Labute approximate surface area is 330 Å². The lowest BCUT2D eigenvalue weighted by molar-refractivity contribution is -0.150. The standard InChI is InChI=1S/C32H37F4N3O6.C8H14O3.CH4/c33-23-13-20(32(44)45)14-24(34)22(23)11-12-37-29(41)25(16-27(35)36)38-30(42)26-15-21(18-7-3-1-4-8-18)17-39(26)31(43)28(40)19-9-5-2-6-10-19;9-7(8(10)11)6-4-2-1-3-5-6;/h1,3-4,7-8,13-14,19,21,25-28,40H,2,5-6,9-12,15-17H2,(H,37,41)(H,38,42)(H,44,45);6-7,9H,1-5H2,(H,10,11);1H4/t21-,25+,26?,28+;7-;/m10./s1. The second kappa shape index (κ2) is 22.4. The van der Waals surface area contributed by atoms with Crippen molar-refractivity contribution in [2.45, 2.75) is 128 Å². The molecule has 5 atom stereocenters. The van der Waals surface area contributed by atoms with Crippen molar-refractivity contribution in [3.05, 3.63) is 70.8 Å². The van der Waals surface area contributed by atoms with Crippen molar-refractivity contribution in [2.75, 3.05) is 13.1 Å². The Hall–Kier alpha value is -4.57. The summed E-state index contributed by atoms with van der Waals surface area (Å²) < 4.78 is 55.5. The number of nitrogens with one attached hydrogen (secondary N) is 2. The van der Waals surface area contributed by atoms with Gasteiger partial charge in [0.15, 0.2) is 6.10 Å². The number of carboxylic acid groups (broad SMARTS) is 2. The Balaban J connectivity index is 0.000000625. The van der Waals surface area contributed by atoms with Crippen LogP contribution < -0.4 is 10.6 Å². The highest BCUT2D eigenvalue weighted by Crippen LogP contribution is 2.35. The molecule has 1 saturated heterocycles. The Kier molecular flexibility index (Phi) is 18.4. The van der Waals surface area contributed by atoms with Crippen molar-refractivity contribution in [2.24, 2.45) is 11.8 Å². The van der Waals surface area contributed by atoms with Gasteiger partial charge in [0.25, 0.3) is 5.91 Å². The molecule has 2 aromatic rings. The van der Waals surface area contributed by atoms with Crippen LogP contribution in [0.15, 0.2) is 42.5 Å². The van der Waals surface area contributed by atoms with Gasteiger partial charge in [-0.1, -0.05) is 76.3 Å². The number of aliphatic hydroxyl groups excluding tert-OH is 2. The van der Waals surface area contributed by atoms with Gasteiger partial charge in [-0.05, 0) is 68.1 Å². The van der Waals surface area contributed by atoms with Crippen molar-refractivity contribution in [3.8, 4) is 0 Å². The van der Waals surface area contributed by atoms with Crippen molar-refractivity contribution in [1.82, 2.24) is 15.5 Å². The van der Waals surface area contributed by atoms with Gasteiger partial charge < -0.3 is 36.0 Å². The first-order chi connectivity index (χ1) is 26.7. The number of hydrogen-bond acceptors (Lipinski definition) is 7. The minimum absolute atomic E-state index is 0. The molecule has 1 unspecified atom stereocenters. The largest absolute Gasteiger partial charge is 0.479 e. The van der Waals surface area contributed by atoms with E-state index in [1.165, 1.54) is 11.3 Å². The SMILES string of the molecule is C.O=C(O)[C@@H](O)C1CCCCC1.O=C(O)c1cc(F)c(CCNC(=O)[C@H](CC(F)F)NC(=O)C2C[C@@H](c3ccccc3)CN2C(=O)[C@@H](O)C2CCCCC2)c(F)c1. The number of hydrogen-bond donors (Lipinski definition) is 6. The molecule has 0 aromatic heterocycles. The lowest BCUT2D eigenvalue weighted by Crippen LogP contribution is -2.55. The molecule has 6 N–H and O–H groups in total. The average Bonchev–Trinajstić information content (AvgIpc) is 3.64. The third-order valence-electron chi connectivity index (χ3n) is 11.0. The Bertz CT molecular complexity index is 1630. The number of carbonyl (C=O) groups is 5. The van der Waals surface area contributed by atoms with Gasteiger partial charge in [0.2, 0.25) is 18.2 Å². The molecule has 1 aliphatic heterocycles. The third-order valence-corrected chi connectivity index (χ3v) is 11.0. The zero-order valence-electron chi connectivity index (χ0n) is 31.1. The van der Waals surface area contributed by atoms with E-state index in [1.54, 1.807) is 0 Å². The Morgan fingerprint density at radius 3 is 1.86 bits per heavy atom. The number of rotatable bonds is 14. The highest BCUT2D eigenvalue weighted by molar-refractivity contribution is 5.93. The summed E-state index contributed by atoms with van der Waals surface area (Å²) in [6.45, 7) is -0.277. The molecule has 3 aliphatic rings. The highest BCUT2D eigenvalue weighted by atomic mass is 19.3. The van der Waals surface area contributed by atoms with E-state index < -0.39 is 103 Å². The molecule has 16 heteroatoms. The molecule has 12 nitrogen and oxygen atoms in total. The fraction of sp³-hybridized carbons (Fsp3) is 0.585. The normalized spacial score (nSPS) is 20.3. The molecule has 0 bridgehead atoms. The van der Waals surface area contributed by atoms with Gasteiger partial charge in [0, 0.05) is 31.0 Å². The number of alkyl halides is 2. The summed E-state index contributed by atoms with van der Waals surface area (Å²) in [4.78, 5) is 62.6. The topological polar surface area (TPSA) is 194 Å². The summed E-state index contributed by atoms with van der Waals surface area (Å²) in [6.07, 6.45) is 2.40. The van der Waals surface area contributed by atoms with Crippen LogP contribution in [0.5, 0.6) is 0 Å². The fourth-order valence-electron chi connectivity index (χ4n) is 7.84. The first kappa shape index (κ1) is 46.8. The van der Waals surface area contributed by atoms with E-state index in [1.807, 2.05) is 30.3 Å². The van der Waals surface area contributed by atoms with E-state index in [-0.39, 0.29) is 38.1 Å². The fourth-order valence-corrected chi connectivity index (χ4v) is 7.84. The summed E-state index contributed by atoms with van der Waals surface area (Å²) >= 11 is 0. The second-order valence-electron chi connectivity index (χ2n) is 14.8. The maximum Gasteiger partial charge on any atom is 0.335 e. The van der Waals surface area contributed by atoms with Crippen LogP contribution in [0.2, 0.25) is 0 Å². The van der Waals surface area contributed by atoms with Crippen LogP contribution >= 0.6 is 0 Å². The predicted molar refractivity (Wildman–Crippen MR) is 201 cm³/mol. The summed E-state index contributed by atoms with van der Waals surface area (Å²) in [6, 6.07) is 7.54. The van der Waals surface area contributed by atoms with Gasteiger partial charge in [0.1, 0.15) is 29.8 Å². The monoisotopic (exact) mass is 809 g/mol. The van der Waals surface area contributed by atoms with Crippen LogP contribution in [0, 0.1) is 23.5 Å². The van der Waals surface area contributed by atoms with Gasteiger partial charge in [-0.2, -0.15) is 0 Å². The van der Waals surface area contributed by atoms with E-state index in [9.17, 15) is 46.6 Å². The smallest absolute Gasteiger partial charge is 0.335 e. The summed E-state index contributed by atoms with van der Waals surface area (Å²) in [7, 11) is 0. The quantitative estimate of drug-likeness (QED) is 0.135. The van der Waals surface area contributed by atoms with E-state index in [4.69, 9.17) is 15.3 Å². The van der Waals surface area contributed by atoms with Crippen molar-refractivity contribution >= 4 is 29.7 Å². The molecule has 5 rings (SSSR count). The van der Waals surface area contributed by atoms with Gasteiger partial charge in [-0.15, -0.1) is 0 Å². The number of amides is 3. The number of likely N-dealkylation sites (tertiary alicyclic amines) is 1. The van der Waals surface area contributed by atoms with E-state index in [2.05, 4.69) is 10.6 Å². The highest BCUT2D eigenvalue weighted by Gasteiger charge is 2.44. The summed E-state index contributed by atoms with van der Waals surface area (Å²) in [5.74, 6) is -7.89. The zero-order valence-corrected chi connectivity index (χ0v) is 31.1. The second-order valence-corrected chi connectivity index (χ2v) is 14.8. The number of aliphatic carboxylic acids is 1. The van der Waals surface area contributed by atoms with E-state index in [0.29, 0.717) is 25.0 Å². The number of nitrogens with zero attached hydrogens (tertiary/aromatic N) is 1. The molecule has 0 radical (unpaired) electrons. The minimum atomic E-state index is -2.99. The van der Waals surface area contributed by atoms with Crippen LogP contribution in [-0.4, -0.2) is 98.8 Å². The van der Waals surface area contributed by atoms with Crippen LogP contribution in [-0.2, 0) is 25.6 Å². The maximum atomic E-state index is 14.3. The lowest BCUT2D eigenvalue weighted by Gasteiger charge is -2.32. The van der Waals surface area contributed by atoms with E-state index in [0.717, 1.165) is 50.5 Å². The first-order valence-corrected chi connectivity index (χ1v) is 19.2. The molecular weight excluding hydrogens is 754 g/mol. The van der Waals surface area contributed by atoms with Gasteiger partial charge in [-0.3, -0.25) is 14.4 Å². The van der Waals surface area contributed by atoms with Crippen molar-refractivity contribution < 1.29 is 62.0 Å².